The van der Waals surface area contributed by atoms with Crippen LogP contribution in [0, 0.1) is 0 Å². The SMILES string of the molecule is CCCc1ccc(N2CCc3cc(O)ccc3C2(C)c2ccc(/C=C/C(=O)OC)cc2)cc1Cl. The second kappa shape index (κ2) is 9.94. The van der Waals surface area contributed by atoms with Gasteiger partial charge in [0, 0.05) is 23.3 Å². The molecule has 0 saturated carbocycles. The van der Waals surface area contributed by atoms with Gasteiger partial charge in [0.1, 0.15) is 5.75 Å². The van der Waals surface area contributed by atoms with Gasteiger partial charge in [-0.05, 0) is 77.9 Å². The molecule has 0 saturated heterocycles. The summed E-state index contributed by atoms with van der Waals surface area (Å²) < 4.78 is 4.69. The van der Waals surface area contributed by atoms with Gasteiger partial charge in [-0.25, -0.2) is 4.79 Å². The predicted molar refractivity (Wildman–Crippen MR) is 139 cm³/mol. The summed E-state index contributed by atoms with van der Waals surface area (Å²) in [6.45, 7) is 5.16. The first-order valence-electron chi connectivity index (χ1n) is 11.6. The number of fused-ring (bicyclic) bond motifs is 1. The zero-order valence-electron chi connectivity index (χ0n) is 19.8. The van der Waals surface area contributed by atoms with Crippen LogP contribution < -0.4 is 4.90 Å². The van der Waals surface area contributed by atoms with Crippen molar-refractivity contribution in [2.45, 2.75) is 38.6 Å². The Hall–Kier alpha value is -3.24. The molecule has 1 aliphatic rings. The Bertz CT molecular complexity index is 1220. The predicted octanol–water partition coefficient (Wildman–Crippen LogP) is 6.51. The second-order valence-electron chi connectivity index (χ2n) is 8.82. The average molecular weight is 476 g/mol. The molecule has 0 radical (unpaired) electrons. The number of ether oxygens (including phenoxy) is 1. The van der Waals surface area contributed by atoms with Crippen molar-refractivity contribution in [3.63, 3.8) is 0 Å². The maximum absolute atomic E-state index is 11.5. The number of carbonyl (C=O) groups is 1. The van der Waals surface area contributed by atoms with E-state index in [0.29, 0.717) is 0 Å². The van der Waals surface area contributed by atoms with Gasteiger partial charge in [0.2, 0.25) is 0 Å². The van der Waals surface area contributed by atoms with Gasteiger partial charge in [-0.3, -0.25) is 0 Å². The Kier molecular flexibility index (Phi) is 6.99. The molecular weight excluding hydrogens is 446 g/mol. The molecule has 4 nitrogen and oxygen atoms in total. The first-order valence-corrected chi connectivity index (χ1v) is 12.0. The van der Waals surface area contributed by atoms with E-state index >= 15 is 0 Å². The van der Waals surface area contributed by atoms with Crippen LogP contribution in [-0.2, 0) is 27.9 Å². The molecule has 3 aromatic rings. The molecule has 5 heteroatoms. The van der Waals surface area contributed by atoms with Crippen LogP contribution in [0.15, 0.2) is 66.7 Å². The van der Waals surface area contributed by atoms with Gasteiger partial charge in [0.15, 0.2) is 0 Å². The zero-order chi connectivity index (χ0) is 24.3. The van der Waals surface area contributed by atoms with Crippen molar-refractivity contribution in [3.05, 3.63) is 99.6 Å². The molecule has 1 aliphatic heterocycles. The Morgan fingerprint density at radius 2 is 1.91 bits per heavy atom. The van der Waals surface area contributed by atoms with Crippen LogP contribution in [0.1, 0.15) is 48.1 Å². The third-order valence-electron chi connectivity index (χ3n) is 6.71. The van der Waals surface area contributed by atoms with Gasteiger partial charge in [0.25, 0.3) is 0 Å². The number of esters is 1. The van der Waals surface area contributed by atoms with E-state index in [1.807, 2.05) is 24.3 Å². The summed E-state index contributed by atoms with van der Waals surface area (Å²) in [4.78, 5) is 13.9. The third-order valence-corrected chi connectivity index (χ3v) is 7.06. The Labute approximate surface area is 206 Å². The van der Waals surface area contributed by atoms with Crippen LogP contribution in [0.5, 0.6) is 5.75 Å². The molecule has 0 fully saturated rings. The zero-order valence-corrected chi connectivity index (χ0v) is 20.6. The third kappa shape index (κ3) is 4.55. The summed E-state index contributed by atoms with van der Waals surface area (Å²) in [5, 5.41) is 10.9. The van der Waals surface area contributed by atoms with E-state index < -0.39 is 5.54 Å². The summed E-state index contributed by atoms with van der Waals surface area (Å²) in [6, 6.07) is 20.2. The number of benzene rings is 3. The van der Waals surface area contributed by atoms with Crippen molar-refractivity contribution in [1.82, 2.24) is 0 Å². The van der Waals surface area contributed by atoms with Crippen LogP contribution in [0.2, 0.25) is 5.02 Å². The maximum Gasteiger partial charge on any atom is 0.330 e. The lowest BCUT2D eigenvalue weighted by atomic mass is 9.76. The van der Waals surface area contributed by atoms with Crippen molar-refractivity contribution in [1.29, 1.82) is 0 Å². The molecule has 0 spiro atoms. The van der Waals surface area contributed by atoms with E-state index in [-0.39, 0.29) is 11.7 Å². The lowest BCUT2D eigenvalue weighted by molar-refractivity contribution is -0.134. The number of rotatable bonds is 6. The van der Waals surface area contributed by atoms with Gasteiger partial charge in [-0.15, -0.1) is 0 Å². The van der Waals surface area contributed by atoms with Crippen molar-refractivity contribution in [3.8, 4) is 5.75 Å². The summed E-state index contributed by atoms with van der Waals surface area (Å²) in [7, 11) is 1.37. The minimum absolute atomic E-state index is 0.282. The first-order chi connectivity index (χ1) is 16.4. The molecule has 0 aromatic heterocycles. The largest absolute Gasteiger partial charge is 0.508 e. The molecule has 1 atom stereocenters. The number of phenols is 1. The van der Waals surface area contributed by atoms with Crippen molar-refractivity contribution in [2.24, 2.45) is 0 Å². The molecule has 1 unspecified atom stereocenters. The fourth-order valence-electron chi connectivity index (χ4n) is 4.89. The highest BCUT2D eigenvalue weighted by Crippen LogP contribution is 2.45. The highest BCUT2D eigenvalue weighted by molar-refractivity contribution is 6.31. The van der Waals surface area contributed by atoms with Gasteiger partial charge in [0.05, 0.1) is 12.6 Å². The molecule has 4 rings (SSSR count). The topological polar surface area (TPSA) is 49.8 Å². The van der Waals surface area contributed by atoms with Gasteiger partial charge < -0.3 is 14.7 Å². The van der Waals surface area contributed by atoms with Crippen LogP contribution in [0.25, 0.3) is 6.08 Å². The second-order valence-corrected chi connectivity index (χ2v) is 9.23. The minimum atomic E-state index is -0.471. The Balaban J connectivity index is 1.80. The molecule has 1 heterocycles. The van der Waals surface area contributed by atoms with Crippen molar-refractivity contribution >= 4 is 29.3 Å². The number of methoxy groups -OCH3 is 1. The smallest absolute Gasteiger partial charge is 0.330 e. The Morgan fingerprint density at radius 3 is 2.59 bits per heavy atom. The van der Waals surface area contributed by atoms with E-state index in [1.54, 1.807) is 12.1 Å². The van der Waals surface area contributed by atoms with Crippen LogP contribution in [0.3, 0.4) is 0 Å². The lowest BCUT2D eigenvalue weighted by Gasteiger charge is -2.48. The highest BCUT2D eigenvalue weighted by atomic mass is 35.5. The molecule has 176 valence electrons. The number of aromatic hydroxyl groups is 1. The lowest BCUT2D eigenvalue weighted by Crippen LogP contribution is -2.49. The fraction of sp³-hybridized carbons (Fsp3) is 0.276. The number of hydrogen-bond acceptors (Lipinski definition) is 4. The summed E-state index contributed by atoms with van der Waals surface area (Å²) >= 11 is 6.68. The summed E-state index contributed by atoms with van der Waals surface area (Å²) in [6.07, 6.45) is 6.00. The monoisotopic (exact) mass is 475 g/mol. The van der Waals surface area contributed by atoms with Crippen molar-refractivity contribution in [2.75, 3.05) is 18.6 Å². The number of anilines is 1. The standard InChI is InChI=1S/C29H30ClNO3/c1-4-5-21-9-12-24(19-27(21)30)31-17-16-22-18-25(32)13-14-26(22)29(31,2)23-10-6-20(7-11-23)8-15-28(33)34-3/h6-15,18-19,32H,4-5,16-17H2,1-3H3/b15-8+. The number of carbonyl (C=O) groups excluding carboxylic acids is 1. The van der Waals surface area contributed by atoms with Gasteiger partial charge in [-0.1, -0.05) is 61.3 Å². The van der Waals surface area contributed by atoms with Crippen LogP contribution in [0.4, 0.5) is 5.69 Å². The first kappa shape index (κ1) is 23.9. The number of halogens is 1. The van der Waals surface area contributed by atoms with E-state index in [4.69, 9.17) is 11.6 Å². The van der Waals surface area contributed by atoms with Gasteiger partial charge in [-0.2, -0.15) is 0 Å². The Morgan fingerprint density at radius 1 is 1.15 bits per heavy atom. The molecule has 0 amide bonds. The normalized spacial score (nSPS) is 17.6. The molecule has 1 N–H and O–H groups in total. The number of hydrogen-bond donors (Lipinski definition) is 1. The molecule has 0 aliphatic carbocycles. The molecular formula is C29H30ClNO3. The minimum Gasteiger partial charge on any atom is -0.508 e. The van der Waals surface area contributed by atoms with E-state index in [0.717, 1.165) is 58.8 Å². The summed E-state index contributed by atoms with van der Waals surface area (Å²) in [5.74, 6) is -0.101. The number of nitrogens with zero attached hydrogens (tertiary/aromatic N) is 1. The van der Waals surface area contributed by atoms with E-state index in [1.165, 1.54) is 18.7 Å². The van der Waals surface area contributed by atoms with Crippen molar-refractivity contribution < 1.29 is 14.6 Å². The maximum atomic E-state index is 11.5. The van der Waals surface area contributed by atoms with E-state index in [2.05, 4.69) is 53.8 Å². The quantitative estimate of drug-likeness (QED) is 0.326. The summed E-state index contributed by atoms with van der Waals surface area (Å²) in [5.41, 5.74) is 6.09. The van der Waals surface area contributed by atoms with Crippen LogP contribution in [-0.4, -0.2) is 24.7 Å². The highest BCUT2D eigenvalue weighted by Gasteiger charge is 2.40. The number of phenolic OH excluding ortho intramolecular Hbond substituents is 1. The molecule has 3 aromatic carbocycles. The van der Waals surface area contributed by atoms with E-state index in [9.17, 15) is 9.90 Å². The van der Waals surface area contributed by atoms with Crippen LogP contribution >= 0.6 is 11.6 Å². The number of aryl methyl sites for hydroxylation is 1. The molecule has 0 bridgehead atoms. The van der Waals surface area contributed by atoms with Gasteiger partial charge >= 0.3 is 5.97 Å². The molecule has 34 heavy (non-hydrogen) atoms. The average Bonchev–Trinajstić information content (AvgIpc) is 2.84. The fourth-order valence-corrected chi connectivity index (χ4v) is 5.16.